The van der Waals surface area contributed by atoms with Crippen LogP contribution in [0.3, 0.4) is 0 Å². The molecule has 0 fully saturated rings. The van der Waals surface area contributed by atoms with E-state index in [2.05, 4.69) is 98.3 Å². The van der Waals surface area contributed by atoms with Crippen LogP contribution >= 0.6 is 0 Å². The van der Waals surface area contributed by atoms with Crippen LogP contribution in [0.5, 0.6) is 0 Å². The standard InChI is InChI=1S/C12H38N4Si4/c1-17(2,3)15(18(4,5)6)13-14-16(19(7,8)9)20(10,11)12/h13-14H,1-12H3. The zero-order valence-corrected chi connectivity index (χ0v) is 19.9. The predicted octanol–water partition coefficient (Wildman–Crippen LogP) is 3.85. The van der Waals surface area contributed by atoms with Gasteiger partial charge in [0.1, 0.15) is 32.9 Å². The van der Waals surface area contributed by atoms with Gasteiger partial charge in [-0.05, 0) is 0 Å². The zero-order valence-electron chi connectivity index (χ0n) is 15.9. The first-order valence-corrected chi connectivity index (χ1v) is 21.4. The van der Waals surface area contributed by atoms with Crippen molar-refractivity contribution in [3.05, 3.63) is 0 Å². The molecule has 0 aromatic carbocycles. The number of nitrogens with zero attached hydrogens (tertiary/aromatic N) is 2. The molecular weight excluding hydrogens is 313 g/mol. The molecule has 0 aliphatic carbocycles. The normalized spacial score (nSPS) is 15.3. The van der Waals surface area contributed by atoms with Gasteiger partial charge in [-0.25, -0.2) is 0 Å². The predicted molar refractivity (Wildman–Crippen MR) is 103 cm³/mol. The van der Waals surface area contributed by atoms with Gasteiger partial charge < -0.3 is 0 Å². The number of hydrogen-bond donors (Lipinski definition) is 2. The summed E-state index contributed by atoms with van der Waals surface area (Å²) in [4.78, 5) is 0. The molecule has 122 valence electrons. The summed E-state index contributed by atoms with van der Waals surface area (Å²) in [5.41, 5.74) is 7.23. The Kier molecular flexibility index (Phi) is 6.68. The van der Waals surface area contributed by atoms with Gasteiger partial charge in [0.25, 0.3) is 0 Å². The Hall–Kier alpha value is 0.708. The molecule has 0 heterocycles. The summed E-state index contributed by atoms with van der Waals surface area (Å²) in [5, 5.41) is 0. The van der Waals surface area contributed by atoms with Crippen molar-refractivity contribution in [1.29, 1.82) is 0 Å². The minimum atomic E-state index is -1.38. The van der Waals surface area contributed by atoms with Crippen molar-refractivity contribution in [2.45, 2.75) is 78.6 Å². The van der Waals surface area contributed by atoms with Crippen LogP contribution in [0.4, 0.5) is 0 Å². The fourth-order valence-corrected chi connectivity index (χ4v) is 20.4. The van der Waals surface area contributed by atoms with Crippen molar-refractivity contribution in [3.63, 3.8) is 0 Å². The third-order valence-corrected chi connectivity index (χ3v) is 16.8. The topological polar surface area (TPSA) is 30.5 Å². The number of rotatable bonds is 7. The van der Waals surface area contributed by atoms with E-state index in [1.807, 2.05) is 0 Å². The molecule has 0 saturated heterocycles. The molecule has 0 unspecified atom stereocenters. The summed E-state index contributed by atoms with van der Waals surface area (Å²) in [6.07, 6.45) is 0. The second-order valence-corrected chi connectivity index (χ2v) is 29.6. The Bertz CT molecular complexity index is 249. The van der Waals surface area contributed by atoms with E-state index in [-0.39, 0.29) is 0 Å². The van der Waals surface area contributed by atoms with E-state index in [1.165, 1.54) is 0 Å². The molecule has 8 heteroatoms. The van der Waals surface area contributed by atoms with Gasteiger partial charge in [0.15, 0.2) is 0 Å². The lowest BCUT2D eigenvalue weighted by Gasteiger charge is -2.49. The second-order valence-electron chi connectivity index (χ2n) is 9.58. The van der Waals surface area contributed by atoms with Crippen LogP contribution in [0, 0.1) is 0 Å². The molecule has 0 rings (SSSR count). The third-order valence-electron chi connectivity index (χ3n) is 2.96. The fourth-order valence-electron chi connectivity index (χ4n) is 2.78. The van der Waals surface area contributed by atoms with Crippen LogP contribution in [0.15, 0.2) is 0 Å². The van der Waals surface area contributed by atoms with Crippen molar-refractivity contribution in [2.75, 3.05) is 0 Å². The summed E-state index contributed by atoms with van der Waals surface area (Å²) in [5.74, 6) is 0. The molecule has 2 N–H and O–H groups in total. The molecule has 0 radical (unpaired) electrons. The van der Waals surface area contributed by atoms with Gasteiger partial charge in [-0.2, -0.15) is 11.1 Å². The summed E-state index contributed by atoms with van der Waals surface area (Å²) in [6, 6.07) is 0. The van der Waals surface area contributed by atoms with Crippen LogP contribution in [0.1, 0.15) is 0 Å². The van der Waals surface area contributed by atoms with Crippen molar-refractivity contribution < 1.29 is 0 Å². The SMILES string of the molecule is C[Si](C)(C)N(NNN([Si](C)(C)C)[Si](C)(C)C)[Si](C)(C)C. The smallest absolute Gasteiger partial charge is 0.129 e. The maximum Gasteiger partial charge on any atom is 0.129 e. The summed E-state index contributed by atoms with van der Waals surface area (Å²) in [6.45, 7) is 28.9. The minimum absolute atomic E-state index is 1.38. The molecule has 0 amide bonds. The molecular formula is C12H38N4Si4. The van der Waals surface area contributed by atoms with Gasteiger partial charge in [-0.1, -0.05) is 78.6 Å². The summed E-state index contributed by atoms with van der Waals surface area (Å²) >= 11 is 0. The van der Waals surface area contributed by atoms with Gasteiger partial charge in [0, 0.05) is 0 Å². The highest BCUT2D eigenvalue weighted by molar-refractivity contribution is 6.90. The van der Waals surface area contributed by atoms with E-state index in [0.29, 0.717) is 0 Å². The highest BCUT2D eigenvalue weighted by Gasteiger charge is 2.38. The highest BCUT2D eigenvalue weighted by Crippen LogP contribution is 2.19. The van der Waals surface area contributed by atoms with Crippen LogP contribution in [-0.2, 0) is 0 Å². The Balaban J connectivity index is 5.10. The van der Waals surface area contributed by atoms with Gasteiger partial charge in [-0.3, -0.25) is 8.68 Å². The Morgan fingerprint density at radius 3 is 0.650 bits per heavy atom. The van der Waals surface area contributed by atoms with Crippen molar-refractivity contribution >= 4 is 32.9 Å². The lowest BCUT2D eigenvalue weighted by Crippen LogP contribution is -2.75. The van der Waals surface area contributed by atoms with E-state index < -0.39 is 32.9 Å². The largest absolute Gasteiger partial charge is 0.273 e. The molecule has 0 spiro atoms. The third kappa shape index (κ3) is 6.65. The van der Waals surface area contributed by atoms with E-state index in [0.717, 1.165) is 0 Å². The van der Waals surface area contributed by atoms with Gasteiger partial charge in [-0.15, -0.1) is 0 Å². The number of hydrazine groups is 3. The maximum atomic E-state index is 3.61. The quantitative estimate of drug-likeness (QED) is 0.539. The molecule has 20 heavy (non-hydrogen) atoms. The lowest BCUT2D eigenvalue weighted by molar-refractivity contribution is 0.267. The maximum absolute atomic E-state index is 3.61. The van der Waals surface area contributed by atoms with E-state index >= 15 is 0 Å². The molecule has 0 aliphatic rings. The average Bonchev–Trinajstić information content (AvgIpc) is 2.02. The number of hydrogen-bond acceptors (Lipinski definition) is 4. The molecule has 4 nitrogen and oxygen atoms in total. The monoisotopic (exact) mass is 350 g/mol. The lowest BCUT2D eigenvalue weighted by atomic mass is 11.8. The Labute approximate surface area is 131 Å². The number of nitrogens with one attached hydrogen (secondary N) is 2. The zero-order chi connectivity index (χ0) is 16.6. The van der Waals surface area contributed by atoms with E-state index in [4.69, 9.17) is 0 Å². The first-order valence-electron chi connectivity index (χ1n) is 7.59. The molecule has 0 aromatic heterocycles. The second kappa shape index (κ2) is 6.45. The van der Waals surface area contributed by atoms with Crippen molar-refractivity contribution in [2.24, 2.45) is 0 Å². The first kappa shape index (κ1) is 20.7. The fraction of sp³-hybridized carbons (Fsp3) is 1.00. The molecule has 0 bridgehead atoms. The first-order chi connectivity index (χ1) is 8.47. The van der Waals surface area contributed by atoms with Crippen molar-refractivity contribution in [1.82, 2.24) is 19.7 Å². The molecule has 0 atom stereocenters. The van der Waals surface area contributed by atoms with Gasteiger partial charge in [0.05, 0.1) is 0 Å². The van der Waals surface area contributed by atoms with E-state index in [9.17, 15) is 0 Å². The minimum Gasteiger partial charge on any atom is -0.273 e. The van der Waals surface area contributed by atoms with Crippen LogP contribution < -0.4 is 11.1 Å². The van der Waals surface area contributed by atoms with Gasteiger partial charge >= 0.3 is 0 Å². The van der Waals surface area contributed by atoms with Crippen LogP contribution in [0.2, 0.25) is 78.6 Å². The van der Waals surface area contributed by atoms with Gasteiger partial charge in [0.2, 0.25) is 0 Å². The summed E-state index contributed by atoms with van der Waals surface area (Å²) < 4.78 is 5.15. The average molecular weight is 351 g/mol. The molecule has 0 saturated carbocycles. The van der Waals surface area contributed by atoms with Crippen LogP contribution in [0.25, 0.3) is 0 Å². The highest BCUT2D eigenvalue weighted by atomic mass is 28.4. The Morgan fingerprint density at radius 1 is 0.400 bits per heavy atom. The van der Waals surface area contributed by atoms with E-state index in [1.54, 1.807) is 0 Å². The Morgan fingerprint density at radius 2 is 0.550 bits per heavy atom. The van der Waals surface area contributed by atoms with Crippen LogP contribution in [-0.4, -0.2) is 41.6 Å². The molecule has 0 aromatic rings. The summed E-state index contributed by atoms with van der Waals surface area (Å²) in [7, 11) is -5.53. The molecule has 0 aliphatic heterocycles. The van der Waals surface area contributed by atoms with Crippen molar-refractivity contribution in [3.8, 4) is 0 Å².